The third-order valence-corrected chi connectivity index (χ3v) is 3.38. The Balaban J connectivity index is 2.25. The van der Waals surface area contributed by atoms with E-state index in [2.05, 4.69) is 15.0 Å². The van der Waals surface area contributed by atoms with Crippen molar-refractivity contribution in [2.75, 3.05) is 6.26 Å². The van der Waals surface area contributed by atoms with Crippen molar-refractivity contribution in [1.29, 1.82) is 0 Å². The largest absolute Gasteiger partial charge is 0.274 e. The molecular formula is C11H13N5O4S. The van der Waals surface area contributed by atoms with Gasteiger partial charge in [-0.15, -0.1) is 5.10 Å². The molecule has 0 bridgehead atoms. The topological polar surface area (TPSA) is 120 Å². The van der Waals surface area contributed by atoms with E-state index in [-0.39, 0.29) is 12.2 Å². The summed E-state index contributed by atoms with van der Waals surface area (Å²) in [7, 11) is -3.32. The van der Waals surface area contributed by atoms with Crippen molar-refractivity contribution < 1.29 is 13.3 Å². The molecule has 1 N–H and O–H groups in total. The number of rotatable bonds is 5. The summed E-state index contributed by atoms with van der Waals surface area (Å²) < 4.78 is 25.6. The van der Waals surface area contributed by atoms with Gasteiger partial charge in [0.25, 0.3) is 5.69 Å². The van der Waals surface area contributed by atoms with E-state index in [0.29, 0.717) is 16.9 Å². The smallest absolute Gasteiger partial charge is 0.258 e. The van der Waals surface area contributed by atoms with Gasteiger partial charge in [-0.25, -0.2) is 17.8 Å². The molecule has 0 amide bonds. The van der Waals surface area contributed by atoms with E-state index < -0.39 is 14.9 Å². The first-order valence-electron chi connectivity index (χ1n) is 5.87. The van der Waals surface area contributed by atoms with Gasteiger partial charge in [0.15, 0.2) is 0 Å². The highest BCUT2D eigenvalue weighted by Gasteiger charge is 2.13. The van der Waals surface area contributed by atoms with Crippen molar-refractivity contribution in [3.05, 3.63) is 45.8 Å². The van der Waals surface area contributed by atoms with E-state index in [9.17, 15) is 18.5 Å². The number of nitro groups is 1. The summed E-state index contributed by atoms with van der Waals surface area (Å²) in [5.41, 5.74) is 1.41. The second-order valence-corrected chi connectivity index (χ2v) is 6.31. The molecule has 0 aliphatic carbocycles. The summed E-state index contributed by atoms with van der Waals surface area (Å²) in [6, 6.07) is 4.67. The number of nitrogens with zero attached hydrogens (tertiary/aromatic N) is 4. The monoisotopic (exact) mass is 311 g/mol. The third-order valence-electron chi connectivity index (χ3n) is 2.71. The summed E-state index contributed by atoms with van der Waals surface area (Å²) in [6.07, 6.45) is 2.55. The highest BCUT2D eigenvalue weighted by atomic mass is 32.2. The molecule has 9 nitrogen and oxygen atoms in total. The number of hydrogen-bond acceptors (Lipinski definition) is 6. The van der Waals surface area contributed by atoms with Crippen LogP contribution < -0.4 is 4.72 Å². The molecule has 0 radical (unpaired) electrons. The van der Waals surface area contributed by atoms with E-state index in [1.54, 1.807) is 19.1 Å². The summed E-state index contributed by atoms with van der Waals surface area (Å²) in [4.78, 5) is 10.4. The molecule has 2 rings (SSSR count). The average molecular weight is 311 g/mol. The van der Waals surface area contributed by atoms with Crippen molar-refractivity contribution in [3.8, 4) is 5.69 Å². The number of nitrogens with one attached hydrogen (secondary N) is 1. The SMILES string of the molecule is Cc1ccc(-n2cc(CNS(C)(=O)=O)nn2)cc1[N+](=O)[O-]. The standard InChI is InChI=1S/C11H13N5O4S/c1-8-3-4-10(5-11(8)16(17)18)15-7-9(13-14-15)6-12-21(2,19)20/h3-5,7,12H,6H2,1-2H3. The molecule has 1 aromatic heterocycles. The third kappa shape index (κ3) is 3.83. The molecule has 0 atom stereocenters. The van der Waals surface area contributed by atoms with Crippen LogP contribution in [-0.4, -0.2) is 34.6 Å². The molecule has 21 heavy (non-hydrogen) atoms. The zero-order chi connectivity index (χ0) is 15.6. The molecule has 0 saturated heterocycles. The summed E-state index contributed by atoms with van der Waals surface area (Å²) >= 11 is 0. The minimum atomic E-state index is -3.32. The Labute approximate surface area is 120 Å². The number of nitro benzene ring substituents is 1. The van der Waals surface area contributed by atoms with Gasteiger partial charge in [-0.05, 0) is 13.0 Å². The molecule has 1 aromatic carbocycles. The number of benzene rings is 1. The molecule has 0 saturated carbocycles. The van der Waals surface area contributed by atoms with Gasteiger partial charge in [0.05, 0.1) is 35.3 Å². The molecule has 2 aromatic rings. The second kappa shape index (κ2) is 5.58. The van der Waals surface area contributed by atoms with Gasteiger partial charge < -0.3 is 0 Å². The first-order valence-corrected chi connectivity index (χ1v) is 7.77. The van der Waals surface area contributed by atoms with Crippen molar-refractivity contribution in [2.45, 2.75) is 13.5 Å². The Morgan fingerprint density at radius 3 is 2.76 bits per heavy atom. The van der Waals surface area contributed by atoms with Gasteiger partial charge in [-0.2, -0.15) is 0 Å². The summed E-state index contributed by atoms with van der Waals surface area (Å²) in [5.74, 6) is 0. The first-order chi connectivity index (χ1) is 9.76. The van der Waals surface area contributed by atoms with Crippen molar-refractivity contribution in [2.24, 2.45) is 0 Å². The van der Waals surface area contributed by atoms with Crippen LogP contribution in [0.2, 0.25) is 0 Å². The fourth-order valence-electron chi connectivity index (χ4n) is 1.65. The Kier molecular flexibility index (Phi) is 4.00. The van der Waals surface area contributed by atoms with Gasteiger partial charge in [0.2, 0.25) is 10.0 Å². The fraction of sp³-hybridized carbons (Fsp3) is 0.273. The molecule has 0 aliphatic heterocycles. The molecule has 10 heteroatoms. The van der Waals surface area contributed by atoms with E-state index in [0.717, 1.165) is 6.26 Å². The predicted molar refractivity (Wildman–Crippen MR) is 74.4 cm³/mol. The minimum absolute atomic E-state index is 0.00673. The van der Waals surface area contributed by atoms with Crippen LogP contribution in [0.4, 0.5) is 5.69 Å². The maximum absolute atomic E-state index is 11.0. The van der Waals surface area contributed by atoms with Gasteiger partial charge in [-0.3, -0.25) is 10.1 Å². The molecule has 1 heterocycles. The van der Waals surface area contributed by atoms with Crippen molar-refractivity contribution >= 4 is 15.7 Å². The highest BCUT2D eigenvalue weighted by Crippen LogP contribution is 2.21. The number of aryl methyl sites for hydroxylation is 1. The maximum atomic E-state index is 11.0. The highest BCUT2D eigenvalue weighted by molar-refractivity contribution is 7.88. The molecule has 112 valence electrons. The van der Waals surface area contributed by atoms with Crippen molar-refractivity contribution in [3.63, 3.8) is 0 Å². The van der Waals surface area contributed by atoms with Crippen LogP contribution in [0, 0.1) is 17.0 Å². The van der Waals surface area contributed by atoms with Crippen LogP contribution in [0.3, 0.4) is 0 Å². The van der Waals surface area contributed by atoms with Gasteiger partial charge in [-0.1, -0.05) is 11.3 Å². The Morgan fingerprint density at radius 2 is 2.14 bits per heavy atom. The summed E-state index contributed by atoms with van der Waals surface area (Å²) in [5, 5.41) is 18.5. The Hall–Kier alpha value is -2.33. The van der Waals surface area contributed by atoms with E-state index in [1.807, 2.05) is 0 Å². The van der Waals surface area contributed by atoms with E-state index in [4.69, 9.17) is 0 Å². The fourth-order valence-corrected chi connectivity index (χ4v) is 2.06. The van der Waals surface area contributed by atoms with Crippen LogP contribution in [0.1, 0.15) is 11.3 Å². The van der Waals surface area contributed by atoms with Gasteiger partial charge >= 0.3 is 0 Å². The van der Waals surface area contributed by atoms with Crippen LogP contribution in [0.5, 0.6) is 0 Å². The first kappa shape index (κ1) is 15.1. The molecular weight excluding hydrogens is 298 g/mol. The van der Waals surface area contributed by atoms with Crippen LogP contribution >= 0.6 is 0 Å². The average Bonchev–Trinajstić information content (AvgIpc) is 2.84. The quantitative estimate of drug-likeness (QED) is 0.635. The predicted octanol–water partition coefficient (Wildman–Crippen LogP) is 0.533. The maximum Gasteiger partial charge on any atom is 0.274 e. The Morgan fingerprint density at radius 1 is 1.43 bits per heavy atom. The lowest BCUT2D eigenvalue weighted by molar-refractivity contribution is -0.385. The number of hydrogen-bond donors (Lipinski definition) is 1. The van der Waals surface area contributed by atoms with E-state index >= 15 is 0 Å². The number of sulfonamides is 1. The zero-order valence-corrected chi connectivity index (χ0v) is 12.2. The van der Waals surface area contributed by atoms with Crippen LogP contribution in [-0.2, 0) is 16.6 Å². The molecule has 0 unspecified atom stereocenters. The molecule has 0 aliphatic rings. The molecule has 0 fully saturated rings. The van der Waals surface area contributed by atoms with Crippen LogP contribution in [0.15, 0.2) is 24.4 Å². The lowest BCUT2D eigenvalue weighted by Gasteiger charge is -2.02. The second-order valence-electron chi connectivity index (χ2n) is 4.48. The Bertz CT molecular complexity index is 784. The van der Waals surface area contributed by atoms with Crippen LogP contribution in [0.25, 0.3) is 5.69 Å². The van der Waals surface area contributed by atoms with Gasteiger partial charge in [0, 0.05) is 11.6 Å². The lowest BCUT2D eigenvalue weighted by atomic mass is 10.2. The normalized spacial score (nSPS) is 11.5. The van der Waals surface area contributed by atoms with E-state index in [1.165, 1.54) is 16.9 Å². The number of aromatic nitrogens is 3. The zero-order valence-electron chi connectivity index (χ0n) is 11.3. The minimum Gasteiger partial charge on any atom is -0.258 e. The lowest BCUT2D eigenvalue weighted by Crippen LogP contribution is -2.21. The van der Waals surface area contributed by atoms with Crippen molar-refractivity contribution in [1.82, 2.24) is 19.7 Å². The molecule has 0 spiro atoms. The summed E-state index contributed by atoms with van der Waals surface area (Å²) in [6.45, 7) is 1.65. The van der Waals surface area contributed by atoms with Gasteiger partial charge in [0.1, 0.15) is 0 Å².